The van der Waals surface area contributed by atoms with E-state index in [0.717, 1.165) is 11.3 Å². The van der Waals surface area contributed by atoms with Crippen molar-refractivity contribution < 1.29 is 14.4 Å². The fourth-order valence-corrected chi connectivity index (χ4v) is 2.06. The molecule has 1 aromatic rings. The number of hydrogen-bond donors (Lipinski definition) is 0. The van der Waals surface area contributed by atoms with Crippen molar-refractivity contribution in [3.63, 3.8) is 0 Å². The number of methoxy groups -OCH3 is 1. The number of ether oxygens (including phenoxy) is 1. The van der Waals surface area contributed by atoms with Crippen molar-refractivity contribution in [1.29, 1.82) is 0 Å². The van der Waals surface area contributed by atoms with Gasteiger partial charge in [-0.05, 0) is 12.5 Å². The highest BCUT2D eigenvalue weighted by molar-refractivity contribution is 5.97. The van der Waals surface area contributed by atoms with Gasteiger partial charge in [0.25, 0.3) is 0 Å². The molecule has 0 spiro atoms. The van der Waals surface area contributed by atoms with Gasteiger partial charge in [0.05, 0.1) is 12.8 Å². The fourth-order valence-electron chi connectivity index (χ4n) is 2.06. The smallest absolute Gasteiger partial charge is 0.353 e. The van der Waals surface area contributed by atoms with E-state index in [-0.39, 0.29) is 11.9 Å². The zero-order valence-electron chi connectivity index (χ0n) is 10.8. The highest BCUT2D eigenvalue weighted by atomic mass is 16.7. The second kappa shape index (κ2) is 4.80. The third kappa shape index (κ3) is 2.23. The Hall–Kier alpha value is -1.84. The Morgan fingerprint density at radius 1 is 1.44 bits per heavy atom. The maximum absolute atomic E-state index is 11.6. The van der Waals surface area contributed by atoms with Gasteiger partial charge in [0.2, 0.25) is 5.60 Å². The second-order valence-electron chi connectivity index (χ2n) is 4.71. The molecular formula is C14H17NO3. The third-order valence-corrected chi connectivity index (χ3v) is 3.30. The topological polar surface area (TPSA) is 47.9 Å². The minimum absolute atomic E-state index is 0.137. The highest BCUT2D eigenvalue weighted by Gasteiger charge is 2.44. The molecule has 4 nitrogen and oxygen atoms in total. The average molecular weight is 247 g/mol. The first-order valence-corrected chi connectivity index (χ1v) is 5.95. The summed E-state index contributed by atoms with van der Waals surface area (Å²) >= 11 is 0. The Balaban J connectivity index is 2.12. The Labute approximate surface area is 107 Å². The van der Waals surface area contributed by atoms with Crippen LogP contribution in [0.4, 0.5) is 0 Å². The molecule has 0 amide bonds. The predicted octanol–water partition coefficient (Wildman–Crippen LogP) is 2.50. The quantitative estimate of drug-likeness (QED) is 0.771. The van der Waals surface area contributed by atoms with Crippen LogP contribution in [-0.4, -0.2) is 24.4 Å². The van der Waals surface area contributed by atoms with Crippen molar-refractivity contribution in [3.8, 4) is 0 Å². The van der Waals surface area contributed by atoms with E-state index >= 15 is 0 Å². The molecule has 2 unspecified atom stereocenters. The molecular weight excluding hydrogens is 230 g/mol. The fraction of sp³-hybridized carbons (Fsp3) is 0.429. The Morgan fingerprint density at radius 3 is 2.72 bits per heavy atom. The number of esters is 1. The average Bonchev–Trinajstić information content (AvgIpc) is 2.82. The molecule has 2 rings (SSSR count). The lowest BCUT2D eigenvalue weighted by molar-refractivity contribution is -0.164. The summed E-state index contributed by atoms with van der Waals surface area (Å²) in [5, 5.41) is 4.05. The molecule has 1 aromatic carbocycles. The van der Waals surface area contributed by atoms with Gasteiger partial charge in [0.15, 0.2) is 0 Å². The first-order chi connectivity index (χ1) is 8.57. The summed E-state index contributed by atoms with van der Waals surface area (Å²) in [4.78, 5) is 16.9. The molecule has 0 saturated heterocycles. The largest absolute Gasteiger partial charge is 0.466 e. The van der Waals surface area contributed by atoms with E-state index in [1.807, 2.05) is 30.3 Å². The molecule has 1 aliphatic heterocycles. The molecule has 0 fully saturated rings. The Morgan fingerprint density at radius 2 is 2.11 bits per heavy atom. The molecule has 0 radical (unpaired) electrons. The van der Waals surface area contributed by atoms with E-state index in [0.29, 0.717) is 6.42 Å². The van der Waals surface area contributed by atoms with Crippen molar-refractivity contribution >= 4 is 11.7 Å². The summed E-state index contributed by atoms with van der Waals surface area (Å²) in [7, 11) is 1.36. The molecule has 0 saturated carbocycles. The van der Waals surface area contributed by atoms with E-state index in [4.69, 9.17) is 9.57 Å². The summed E-state index contributed by atoms with van der Waals surface area (Å²) < 4.78 is 4.73. The third-order valence-electron chi connectivity index (χ3n) is 3.30. The van der Waals surface area contributed by atoms with Crippen LogP contribution >= 0.6 is 0 Å². The maximum atomic E-state index is 11.6. The normalized spacial score (nSPS) is 24.1. The minimum Gasteiger partial charge on any atom is -0.466 e. The van der Waals surface area contributed by atoms with Gasteiger partial charge in [-0.2, -0.15) is 0 Å². The summed E-state index contributed by atoms with van der Waals surface area (Å²) in [6.45, 7) is 3.76. The molecule has 4 heteroatoms. The molecule has 96 valence electrons. The molecule has 1 heterocycles. The van der Waals surface area contributed by atoms with Crippen LogP contribution in [0.5, 0.6) is 0 Å². The lowest BCUT2D eigenvalue weighted by atomic mass is 9.89. The highest BCUT2D eigenvalue weighted by Crippen LogP contribution is 2.31. The van der Waals surface area contributed by atoms with Gasteiger partial charge in [-0.1, -0.05) is 42.4 Å². The van der Waals surface area contributed by atoms with E-state index in [2.05, 4.69) is 12.1 Å². The molecule has 18 heavy (non-hydrogen) atoms. The van der Waals surface area contributed by atoms with Crippen LogP contribution in [0, 0.1) is 0 Å². The number of rotatable bonds is 3. The Bertz CT molecular complexity index is 469. The SMILES string of the molecule is COC(=O)C1(C)CC(C(C)c2ccccc2)=NO1. The van der Waals surface area contributed by atoms with E-state index in [1.54, 1.807) is 6.92 Å². The summed E-state index contributed by atoms with van der Waals surface area (Å²) in [5.41, 5.74) is 1.05. The van der Waals surface area contributed by atoms with E-state index < -0.39 is 5.60 Å². The first kappa shape index (κ1) is 12.6. The molecule has 0 aromatic heterocycles. The van der Waals surface area contributed by atoms with E-state index in [9.17, 15) is 4.79 Å². The van der Waals surface area contributed by atoms with Crippen molar-refractivity contribution in [1.82, 2.24) is 0 Å². The molecule has 0 aliphatic carbocycles. The molecule has 2 atom stereocenters. The van der Waals surface area contributed by atoms with E-state index in [1.165, 1.54) is 7.11 Å². The monoisotopic (exact) mass is 247 g/mol. The van der Waals surface area contributed by atoms with Gasteiger partial charge >= 0.3 is 5.97 Å². The number of carbonyl (C=O) groups excluding carboxylic acids is 1. The zero-order valence-corrected chi connectivity index (χ0v) is 10.8. The number of nitrogens with zero attached hydrogens (tertiary/aromatic N) is 1. The lowest BCUT2D eigenvalue weighted by Gasteiger charge is -2.18. The number of hydrogen-bond acceptors (Lipinski definition) is 4. The van der Waals surface area contributed by atoms with Crippen LogP contribution in [-0.2, 0) is 14.4 Å². The van der Waals surface area contributed by atoms with Crippen LogP contribution in [0.15, 0.2) is 35.5 Å². The first-order valence-electron chi connectivity index (χ1n) is 5.95. The van der Waals surface area contributed by atoms with Crippen LogP contribution in [0.25, 0.3) is 0 Å². The zero-order chi connectivity index (χ0) is 13.2. The van der Waals surface area contributed by atoms with Gasteiger partial charge in [-0.25, -0.2) is 4.79 Å². The van der Waals surface area contributed by atoms with Crippen LogP contribution < -0.4 is 0 Å². The van der Waals surface area contributed by atoms with Crippen molar-refractivity contribution in [2.24, 2.45) is 5.16 Å². The maximum Gasteiger partial charge on any atom is 0.353 e. The molecule has 0 bridgehead atoms. The van der Waals surface area contributed by atoms with Crippen LogP contribution in [0.1, 0.15) is 31.7 Å². The van der Waals surface area contributed by atoms with Gasteiger partial charge in [-0.3, -0.25) is 0 Å². The summed E-state index contributed by atoms with van der Waals surface area (Å²) in [5.74, 6) is -0.251. The standard InChI is InChI=1S/C14H17NO3/c1-10(11-7-5-4-6-8-11)12-9-14(2,18-15-12)13(16)17-3/h4-8,10H,9H2,1-3H3. The Kier molecular flexibility index (Phi) is 3.36. The van der Waals surface area contributed by atoms with Crippen molar-refractivity contribution in [2.75, 3.05) is 7.11 Å². The summed E-state index contributed by atoms with van der Waals surface area (Å²) in [6, 6.07) is 10.0. The molecule has 0 N–H and O–H groups in total. The summed E-state index contributed by atoms with van der Waals surface area (Å²) in [6.07, 6.45) is 0.468. The lowest BCUT2D eigenvalue weighted by Crippen LogP contribution is -2.36. The predicted molar refractivity (Wildman–Crippen MR) is 68.4 cm³/mol. The minimum atomic E-state index is -0.979. The number of carbonyl (C=O) groups is 1. The van der Waals surface area contributed by atoms with Crippen molar-refractivity contribution in [2.45, 2.75) is 31.8 Å². The van der Waals surface area contributed by atoms with Crippen molar-refractivity contribution in [3.05, 3.63) is 35.9 Å². The second-order valence-corrected chi connectivity index (χ2v) is 4.71. The van der Waals surface area contributed by atoms with Gasteiger partial charge in [-0.15, -0.1) is 0 Å². The van der Waals surface area contributed by atoms with Gasteiger partial charge < -0.3 is 9.57 Å². The van der Waals surface area contributed by atoms with Crippen LogP contribution in [0.2, 0.25) is 0 Å². The number of oxime groups is 1. The van der Waals surface area contributed by atoms with Crippen LogP contribution in [0.3, 0.4) is 0 Å². The van der Waals surface area contributed by atoms with Gasteiger partial charge in [0, 0.05) is 12.3 Å². The number of benzene rings is 1. The van der Waals surface area contributed by atoms with Gasteiger partial charge in [0.1, 0.15) is 0 Å². The molecule has 1 aliphatic rings.